The van der Waals surface area contributed by atoms with Gasteiger partial charge in [0.25, 0.3) is 0 Å². The van der Waals surface area contributed by atoms with Crippen LogP contribution in [0, 0.1) is 0 Å². The lowest BCUT2D eigenvalue weighted by Crippen LogP contribution is -2.16. The van der Waals surface area contributed by atoms with Gasteiger partial charge in [0.15, 0.2) is 0 Å². The monoisotopic (exact) mass is 205 g/mol. The molecule has 0 saturated carbocycles. The quantitative estimate of drug-likeness (QED) is 0.550. The predicted molar refractivity (Wildman–Crippen MR) is 57.3 cm³/mol. The van der Waals surface area contributed by atoms with Crippen LogP contribution in [-0.4, -0.2) is 30.1 Å². The zero-order chi connectivity index (χ0) is 10.7. The Bertz CT molecular complexity index is 337. The van der Waals surface area contributed by atoms with E-state index in [0.717, 1.165) is 13.1 Å². The first-order chi connectivity index (χ1) is 7.31. The van der Waals surface area contributed by atoms with Crippen LogP contribution >= 0.6 is 0 Å². The van der Waals surface area contributed by atoms with E-state index in [1.807, 2.05) is 25.1 Å². The zero-order valence-corrected chi connectivity index (χ0v) is 8.85. The van der Waals surface area contributed by atoms with E-state index in [0.29, 0.717) is 6.61 Å². The fourth-order valence-electron chi connectivity index (χ4n) is 1.63. The van der Waals surface area contributed by atoms with E-state index in [-0.39, 0.29) is 12.0 Å². The summed E-state index contributed by atoms with van der Waals surface area (Å²) < 4.78 is 4.95. The van der Waals surface area contributed by atoms with E-state index in [4.69, 9.17) is 4.74 Å². The molecule has 0 bridgehead atoms. The molecule has 0 amide bonds. The SMILES string of the molecule is CCOC(=O)[C@@H]1CN1Cc1ccccc1. The van der Waals surface area contributed by atoms with Gasteiger partial charge in [-0.25, -0.2) is 0 Å². The Morgan fingerprint density at radius 2 is 2.20 bits per heavy atom. The highest BCUT2D eigenvalue weighted by atomic mass is 16.5. The molecule has 0 aliphatic carbocycles. The van der Waals surface area contributed by atoms with Gasteiger partial charge in [-0.05, 0) is 12.5 Å². The molecule has 0 aromatic heterocycles. The van der Waals surface area contributed by atoms with Gasteiger partial charge in [0.05, 0.1) is 6.61 Å². The van der Waals surface area contributed by atoms with Crippen molar-refractivity contribution >= 4 is 5.97 Å². The molecule has 1 aromatic carbocycles. The predicted octanol–water partition coefficient (Wildman–Crippen LogP) is 1.43. The van der Waals surface area contributed by atoms with Crippen molar-refractivity contribution in [2.75, 3.05) is 13.2 Å². The number of rotatable bonds is 4. The molecule has 3 nitrogen and oxygen atoms in total. The molecule has 1 unspecified atom stereocenters. The molecule has 1 saturated heterocycles. The summed E-state index contributed by atoms with van der Waals surface area (Å²) in [4.78, 5) is 13.4. The zero-order valence-electron chi connectivity index (χ0n) is 8.85. The summed E-state index contributed by atoms with van der Waals surface area (Å²) in [6, 6.07) is 10.1. The average molecular weight is 205 g/mol. The van der Waals surface area contributed by atoms with Gasteiger partial charge in [0.2, 0.25) is 0 Å². The summed E-state index contributed by atoms with van der Waals surface area (Å²) in [5, 5.41) is 0. The number of hydrogen-bond donors (Lipinski definition) is 0. The minimum absolute atomic E-state index is 0.00911. The van der Waals surface area contributed by atoms with Crippen molar-refractivity contribution < 1.29 is 9.53 Å². The molecule has 3 heteroatoms. The smallest absolute Gasteiger partial charge is 0.324 e. The molecule has 2 rings (SSSR count). The summed E-state index contributed by atoms with van der Waals surface area (Å²) in [5.74, 6) is -0.0894. The van der Waals surface area contributed by atoms with Crippen LogP contribution in [0.2, 0.25) is 0 Å². The van der Waals surface area contributed by atoms with Crippen LogP contribution in [0.5, 0.6) is 0 Å². The third kappa shape index (κ3) is 2.57. The molecule has 0 radical (unpaired) electrons. The second-order valence-electron chi connectivity index (χ2n) is 3.68. The Morgan fingerprint density at radius 3 is 2.87 bits per heavy atom. The van der Waals surface area contributed by atoms with Crippen molar-refractivity contribution in [3.05, 3.63) is 35.9 Å². The van der Waals surface area contributed by atoms with Crippen LogP contribution in [0.4, 0.5) is 0 Å². The molecule has 1 aliphatic heterocycles. The highest BCUT2D eigenvalue weighted by Crippen LogP contribution is 2.21. The molecule has 1 fully saturated rings. The minimum atomic E-state index is -0.0894. The number of benzene rings is 1. The number of hydrogen-bond acceptors (Lipinski definition) is 3. The van der Waals surface area contributed by atoms with Gasteiger partial charge in [-0.3, -0.25) is 9.69 Å². The maximum Gasteiger partial charge on any atom is 0.324 e. The van der Waals surface area contributed by atoms with Gasteiger partial charge in [-0.2, -0.15) is 0 Å². The van der Waals surface area contributed by atoms with E-state index in [9.17, 15) is 4.79 Å². The topological polar surface area (TPSA) is 29.3 Å². The van der Waals surface area contributed by atoms with Crippen LogP contribution in [0.15, 0.2) is 30.3 Å². The highest BCUT2D eigenvalue weighted by molar-refractivity contribution is 5.79. The van der Waals surface area contributed by atoms with Gasteiger partial charge >= 0.3 is 5.97 Å². The lowest BCUT2D eigenvalue weighted by Gasteiger charge is -2.03. The molecule has 15 heavy (non-hydrogen) atoms. The Morgan fingerprint density at radius 1 is 1.47 bits per heavy atom. The summed E-state index contributed by atoms with van der Waals surface area (Å²) >= 11 is 0. The lowest BCUT2D eigenvalue weighted by molar-refractivity contribution is -0.143. The molecular formula is C12H15NO2. The molecule has 2 atom stereocenters. The van der Waals surface area contributed by atoms with Gasteiger partial charge in [-0.1, -0.05) is 30.3 Å². The Labute approximate surface area is 89.7 Å². The third-order valence-corrected chi connectivity index (χ3v) is 2.50. The van der Waals surface area contributed by atoms with Gasteiger partial charge in [-0.15, -0.1) is 0 Å². The van der Waals surface area contributed by atoms with E-state index in [2.05, 4.69) is 17.0 Å². The maximum absolute atomic E-state index is 11.3. The Hall–Kier alpha value is -1.35. The summed E-state index contributed by atoms with van der Waals surface area (Å²) in [5.41, 5.74) is 1.24. The largest absolute Gasteiger partial charge is 0.465 e. The molecule has 0 spiro atoms. The summed E-state index contributed by atoms with van der Waals surface area (Å²) in [7, 11) is 0. The van der Waals surface area contributed by atoms with E-state index in [1.54, 1.807) is 0 Å². The van der Waals surface area contributed by atoms with Crippen LogP contribution in [0.25, 0.3) is 0 Å². The fraction of sp³-hybridized carbons (Fsp3) is 0.417. The normalized spacial score (nSPS) is 23.5. The molecule has 1 heterocycles. The van der Waals surface area contributed by atoms with E-state index >= 15 is 0 Å². The standard InChI is InChI=1S/C12H15NO2/c1-2-15-12(14)11-9-13(11)8-10-6-4-3-5-7-10/h3-7,11H,2,8-9H2,1H3/t11-,13?/m0/s1. The number of carbonyl (C=O) groups excluding carboxylic acids is 1. The van der Waals surface area contributed by atoms with Gasteiger partial charge < -0.3 is 4.74 Å². The molecule has 1 aliphatic rings. The molecular weight excluding hydrogens is 190 g/mol. The van der Waals surface area contributed by atoms with E-state index < -0.39 is 0 Å². The second-order valence-corrected chi connectivity index (χ2v) is 3.68. The van der Waals surface area contributed by atoms with Crippen LogP contribution < -0.4 is 0 Å². The summed E-state index contributed by atoms with van der Waals surface area (Å²) in [6.07, 6.45) is 0. The number of esters is 1. The van der Waals surface area contributed by atoms with Crippen LogP contribution in [-0.2, 0) is 16.1 Å². The molecule has 1 aromatic rings. The van der Waals surface area contributed by atoms with Crippen LogP contribution in [0.3, 0.4) is 0 Å². The van der Waals surface area contributed by atoms with Crippen molar-refractivity contribution in [1.29, 1.82) is 0 Å². The van der Waals surface area contributed by atoms with Crippen molar-refractivity contribution in [3.8, 4) is 0 Å². The first kappa shape index (κ1) is 10.2. The third-order valence-electron chi connectivity index (χ3n) is 2.50. The molecule has 80 valence electrons. The van der Waals surface area contributed by atoms with Crippen molar-refractivity contribution in [1.82, 2.24) is 4.90 Å². The first-order valence-corrected chi connectivity index (χ1v) is 5.26. The van der Waals surface area contributed by atoms with Crippen molar-refractivity contribution in [2.24, 2.45) is 0 Å². The van der Waals surface area contributed by atoms with Gasteiger partial charge in [0, 0.05) is 13.1 Å². The average Bonchev–Trinajstić information content (AvgIpc) is 2.99. The fourth-order valence-corrected chi connectivity index (χ4v) is 1.63. The Kier molecular flexibility index (Phi) is 3.02. The number of ether oxygens (including phenoxy) is 1. The Balaban J connectivity index is 1.83. The number of nitrogens with zero attached hydrogens (tertiary/aromatic N) is 1. The van der Waals surface area contributed by atoms with Crippen molar-refractivity contribution in [3.63, 3.8) is 0 Å². The van der Waals surface area contributed by atoms with Crippen LogP contribution in [0.1, 0.15) is 12.5 Å². The number of carbonyl (C=O) groups is 1. The van der Waals surface area contributed by atoms with Gasteiger partial charge in [0.1, 0.15) is 6.04 Å². The first-order valence-electron chi connectivity index (χ1n) is 5.26. The van der Waals surface area contributed by atoms with E-state index in [1.165, 1.54) is 5.56 Å². The van der Waals surface area contributed by atoms with Crippen molar-refractivity contribution in [2.45, 2.75) is 19.5 Å². The minimum Gasteiger partial charge on any atom is -0.465 e. The highest BCUT2D eigenvalue weighted by Gasteiger charge is 2.41. The maximum atomic E-state index is 11.3. The summed E-state index contributed by atoms with van der Waals surface area (Å²) in [6.45, 7) is 3.97. The molecule has 0 N–H and O–H groups in total. The second kappa shape index (κ2) is 4.45. The lowest BCUT2D eigenvalue weighted by atomic mass is 10.2.